The molecule has 1 rings (SSSR count). The van der Waals surface area contributed by atoms with E-state index in [-0.39, 0.29) is 6.61 Å². The SMILES string of the molecule is CCCCCCCCCCCCCCC[C@@H](O)CCOC1OC(C)C(O)C(O)C1O. The summed E-state index contributed by atoms with van der Waals surface area (Å²) in [4.78, 5) is 0. The lowest BCUT2D eigenvalue weighted by Crippen LogP contribution is -2.57. The van der Waals surface area contributed by atoms with E-state index in [0.717, 1.165) is 19.3 Å². The first-order valence-electron chi connectivity index (χ1n) is 12.5. The van der Waals surface area contributed by atoms with Crippen LogP contribution in [-0.4, -0.2) is 63.8 Å². The molecule has 0 bridgehead atoms. The maximum Gasteiger partial charge on any atom is 0.186 e. The quantitative estimate of drug-likeness (QED) is 0.244. The van der Waals surface area contributed by atoms with Gasteiger partial charge in [-0.05, 0) is 19.8 Å². The van der Waals surface area contributed by atoms with Crippen LogP contribution in [0.5, 0.6) is 0 Å². The van der Waals surface area contributed by atoms with Crippen LogP contribution in [0.2, 0.25) is 0 Å². The third-order valence-electron chi connectivity index (χ3n) is 6.18. The second-order valence-corrected chi connectivity index (χ2v) is 9.03. The maximum atomic E-state index is 10.1. The Bertz CT molecular complexity index is 394. The zero-order chi connectivity index (χ0) is 22.2. The number of aliphatic hydroxyl groups is 4. The molecule has 0 saturated carbocycles. The van der Waals surface area contributed by atoms with Gasteiger partial charge in [0.25, 0.3) is 0 Å². The zero-order valence-corrected chi connectivity index (χ0v) is 19.4. The average molecular weight is 433 g/mol. The first kappa shape index (κ1) is 27.8. The van der Waals surface area contributed by atoms with Crippen molar-refractivity contribution < 1.29 is 29.9 Å². The van der Waals surface area contributed by atoms with Gasteiger partial charge in [-0.3, -0.25) is 0 Å². The topological polar surface area (TPSA) is 99.4 Å². The van der Waals surface area contributed by atoms with Gasteiger partial charge < -0.3 is 29.9 Å². The lowest BCUT2D eigenvalue weighted by molar-refractivity contribution is -0.293. The van der Waals surface area contributed by atoms with E-state index in [0.29, 0.717) is 6.42 Å². The van der Waals surface area contributed by atoms with E-state index in [9.17, 15) is 20.4 Å². The molecule has 0 aromatic carbocycles. The number of aliphatic hydroxyl groups excluding tert-OH is 4. The number of unbranched alkanes of at least 4 members (excludes halogenated alkanes) is 12. The van der Waals surface area contributed by atoms with E-state index in [1.54, 1.807) is 6.92 Å². The summed E-state index contributed by atoms with van der Waals surface area (Å²) in [6.07, 6.45) is 12.6. The number of hydrogen-bond acceptors (Lipinski definition) is 6. The van der Waals surface area contributed by atoms with Crippen molar-refractivity contribution in [2.24, 2.45) is 0 Å². The minimum atomic E-state index is -1.28. The van der Waals surface area contributed by atoms with Gasteiger partial charge in [0, 0.05) is 0 Å². The monoisotopic (exact) mass is 432 g/mol. The fourth-order valence-electron chi connectivity index (χ4n) is 4.01. The van der Waals surface area contributed by atoms with Crippen molar-refractivity contribution >= 4 is 0 Å². The molecule has 6 atom stereocenters. The number of rotatable bonds is 18. The molecule has 0 amide bonds. The Hall–Kier alpha value is -0.240. The molecule has 1 saturated heterocycles. The molecule has 0 aromatic rings. The van der Waals surface area contributed by atoms with Gasteiger partial charge in [-0.1, -0.05) is 90.4 Å². The highest BCUT2D eigenvalue weighted by atomic mass is 16.7. The van der Waals surface area contributed by atoms with Crippen LogP contribution in [0.25, 0.3) is 0 Å². The van der Waals surface area contributed by atoms with Crippen LogP contribution in [0.3, 0.4) is 0 Å². The van der Waals surface area contributed by atoms with Crippen molar-refractivity contribution in [1.29, 1.82) is 0 Å². The fourth-order valence-corrected chi connectivity index (χ4v) is 4.01. The van der Waals surface area contributed by atoms with Gasteiger partial charge in [0.1, 0.15) is 18.3 Å². The summed E-state index contributed by atoms with van der Waals surface area (Å²) < 4.78 is 10.9. The van der Waals surface area contributed by atoms with Crippen LogP contribution >= 0.6 is 0 Å². The van der Waals surface area contributed by atoms with E-state index < -0.39 is 36.8 Å². The summed E-state index contributed by atoms with van der Waals surface area (Å²) in [6, 6.07) is 0. The van der Waals surface area contributed by atoms with Crippen molar-refractivity contribution in [3.05, 3.63) is 0 Å². The molecule has 30 heavy (non-hydrogen) atoms. The lowest BCUT2D eigenvalue weighted by Gasteiger charge is -2.39. The van der Waals surface area contributed by atoms with E-state index in [2.05, 4.69) is 6.92 Å². The van der Waals surface area contributed by atoms with Gasteiger partial charge >= 0.3 is 0 Å². The van der Waals surface area contributed by atoms with Crippen LogP contribution in [0, 0.1) is 0 Å². The van der Waals surface area contributed by atoms with Gasteiger partial charge in [0.05, 0.1) is 18.8 Å². The highest BCUT2D eigenvalue weighted by Crippen LogP contribution is 2.22. The highest BCUT2D eigenvalue weighted by molar-refractivity contribution is 4.87. The van der Waals surface area contributed by atoms with Crippen molar-refractivity contribution in [2.75, 3.05) is 6.61 Å². The predicted octanol–water partition coefficient (Wildman–Crippen LogP) is 4.06. The van der Waals surface area contributed by atoms with Gasteiger partial charge in [0.2, 0.25) is 0 Å². The standard InChI is InChI=1S/C24H48O6/c1-3-4-5-6-7-8-9-10-11-12-13-14-15-16-20(25)17-18-29-24-23(28)22(27)21(26)19(2)30-24/h19-28H,3-18H2,1-2H3/t19?,20-,21?,22?,23?,24?/m1/s1. The molecular weight excluding hydrogens is 384 g/mol. The van der Waals surface area contributed by atoms with Crippen LogP contribution in [-0.2, 0) is 9.47 Å². The summed E-state index contributed by atoms with van der Waals surface area (Å²) >= 11 is 0. The molecule has 1 fully saturated rings. The highest BCUT2D eigenvalue weighted by Gasteiger charge is 2.42. The van der Waals surface area contributed by atoms with Gasteiger partial charge in [-0.25, -0.2) is 0 Å². The van der Waals surface area contributed by atoms with Crippen LogP contribution in [0.15, 0.2) is 0 Å². The maximum absolute atomic E-state index is 10.1. The van der Waals surface area contributed by atoms with Crippen LogP contribution in [0.1, 0.15) is 110 Å². The summed E-state index contributed by atoms with van der Waals surface area (Å²) in [6.45, 7) is 4.13. The van der Waals surface area contributed by atoms with Gasteiger partial charge in [-0.15, -0.1) is 0 Å². The molecule has 4 N–H and O–H groups in total. The molecule has 180 valence electrons. The largest absolute Gasteiger partial charge is 0.393 e. The molecule has 6 nitrogen and oxygen atoms in total. The van der Waals surface area contributed by atoms with E-state index in [4.69, 9.17) is 9.47 Å². The Balaban J connectivity index is 1.90. The molecule has 1 heterocycles. The van der Waals surface area contributed by atoms with Crippen molar-refractivity contribution in [3.8, 4) is 0 Å². The van der Waals surface area contributed by atoms with Crippen molar-refractivity contribution in [1.82, 2.24) is 0 Å². The zero-order valence-electron chi connectivity index (χ0n) is 19.4. The molecule has 1 aliphatic rings. The first-order chi connectivity index (χ1) is 14.5. The Morgan fingerprint density at radius 3 is 1.73 bits per heavy atom. The van der Waals surface area contributed by atoms with Crippen LogP contribution < -0.4 is 0 Å². The minimum Gasteiger partial charge on any atom is -0.393 e. The Morgan fingerprint density at radius 2 is 1.20 bits per heavy atom. The Labute approximate surface area is 184 Å². The smallest absolute Gasteiger partial charge is 0.186 e. The molecular formula is C24H48O6. The molecule has 0 aromatic heterocycles. The summed E-state index contributed by atoms with van der Waals surface area (Å²) in [7, 11) is 0. The van der Waals surface area contributed by atoms with Crippen molar-refractivity contribution in [3.63, 3.8) is 0 Å². The normalized spacial score (nSPS) is 28.0. The molecule has 0 spiro atoms. The summed E-state index contributed by atoms with van der Waals surface area (Å²) in [5.74, 6) is 0. The second kappa shape index (κ2) is 17.3. The molecule has 1 aliphatic heterocycles. The minimum absolute atomic E-state index is 0.247. The van der Waals surface area contributed by atoms with Crippen molar-refractivity contribution in [2.45, 2.75) is 147 Å². The predicted molar refractivity (Wildman–Crippen MR) is 119 cm³/mol. The first-order valence-corrected chi connectivity index (χ1v) is 12.5. The molecule has 6 heteroatoms. The number of hydrogen-bond donors (Lipinski definition) is 4. The van der Waals surface area contributed by atoms with E-state index in [1.807, 2.05) is 0 Å². The van der Waals surface area contributed by atoms with Crippen LogP contribution in [0.4, 0.5) is 0 Å². The fraction of sp³-hybridized carbons (Fsp3) is 1.00. The second-order valence-electron chi connectivity index (χ2n) is 9.03. The van der Waals surface area contributed by atoms with Gasteiger partial charge in [-0.2, -0.15) is 0 Å². The van der Waals surface area contributed by atoms with E-state index >= 15 is 0 Å². The molecule has 5 unspecified atom stereocenters. The lowest BCUT2D eigenvalue weighted by atomic mass is 10.00. The Kier molecular flexibility index (Phi) is 16.1. The summed E-state index contributed by atoms with van der Waals surface area (Å²) in [5, 5.41) is 39.4. The average Bonchev–Trinajstić information content (AvgIpc) is 2.73. The third kappa shape index (κ3) is 12.0. The Morgan fingerprint density at radius 1 is 0.700 bits per heavy atom. The van der Waals surface area contributed by atoms with E-state index in [1.165, 1.54) is 70.6 Å². The molecule has 0 radical (unpaired) electrons. The number of ether oxygens (including phenoxy) is 2. The summed E-state index contributed by atoms with van der Waals surface area (Å²) in [5.41, 5.74) is 0. The third-order valence-corrected chi connectivity index (χ3v) is 6.18. The van der Waals surface area contributed by atoms with Gasteiger partial charge in [0.15, 0.2) is 6.29 Å². The molecule has 0 aliphatic carbocycles.